The molecule has 1 N–H and O–H groups in total. The Balaban J connectivity index is 2.34. The molecule has 2 nitrogen and oxygen atoms in total. The van der Waals surface area contributed by atoms with E-state index < -0.39 is 5.60 Å². The van der Waals surface area contributed by atoms with Crippen LogP contribution < -0.4 is 4.74 Å². The van der Waals surface area contributed by atoms with E-state index in [4.69, 9.17) is 16.3 Å². The quantitative estimate of drug-likeness (QED) is 0.891. The number of aliphatic hydroxyl groups is 1. The lowest BCUT2D eigenvalue weighted by molar-refractivity contribution is 0.150. The van der Waals surface area contributed by atoms with Gasteiger partial charge in [-0.05, 0) is 42.0 Å². The van der Waals surface area contributed by atoms with Crippen LogP contribution in [0.2, 0.25) is 5.02 Å². The Hall–Kier alpha value is -0.730. The molecular formula is C14H19ClO2. The molecule has 1 aliphatic carbocycles. The predicted molar refractivity (Wildman–Crippen MR) is 70.0 cm³/mol. The SMILES string of the molecule is COc1cc(C(C)C)c(Cl)cc1CC1(O)CC1. The Morgan fingerprint density at radius 1 is 1.41 bits per heavy atom. The smallest absolute Gasteiger partial charge is 0.122 e. The fourth-order valence-corrected chi connectivity index (χ4v) is 2.46. The minimum Gasteiger partial charge on any atom is -0.496 e. The zero-order chi connectivity index (χ0) is 12.6. The van der Waals surface area contributed by atoms with Gasteiger partial charge in [-0.1, -0.05) is 25.4 Å². The standard InChI is InChI=1S/C14H19ClO2/c1-9(2)11-7-13(17-3)10(6-12(11)15)8-14(16)4-5-14/h6-7,9,16H,4-5,8H2,1-3H3. The van der Waals surface area contributed by atoms with E-state index in [0.717, 1.165) is 34.7 Å². The van der Waals surface area contributed by atoms with Crippen molar-refractivity contribution in [3.63, 3.8) is 0 Å². The second-order valence-corrected chi connectivity index (χ2v) is 5.65. The average molecular weight is 255 g/mol. The van der Waals surface area contributed by atoms with Gasteiger partial charge in [0.25, 0.3) is 0 Å². The maximum absolute atomic E-state index is 9.97. The second kappa shape index (κ2) is 4.51. The van der Waals surface area contributed by atoms with Crippen LogP contribution in [0.25, 0.3) is 0 Å². The van der Waals surface area contributed by atoms with Gasteiger partial charge < -0.3 is 9.84 Å². The van der Waals surface area contributed by atoms with Gasteiger partial charge in [-0.3, -0.25) is 0 Å². The van der Waals surface area contributed by atoms with E-state index >= 15 is 0 Å². The molecule has 0 spiro atoms. The van der Waals surface area contributed by atoms with Gasteiger partial charge in [-0.15, -0.1) is 0 Å². The topological polar surface area (TPSA) is 29.5 Å². The molecule has 3 heteroatoms. The van der Waals surface area contributed by atoms with Crippen LogP contribution in [0, 0.1) is 0 Å². The van der Waals surface area contributed by atoms with Crippen LogP contribution in [0.3, 0.4) is 0 Å². The third-order valence-corrected chi connectivity index (χ3v) is 3.70. The molecule has 94 valence electrons. The lowest BCUT2D eigenvalue weighted by atomic mass is 9.98. The van der Waals surface area contributed by atoms with E-state index in [1.165, 1.54) is 0 Å². The van der Waals surface area contributed by atoms with Gasteiger partial charge in [0.2, 0.25) is 0 Å². The molecule has 0 unspecified atom stereocenters. The third kappa shape index (κ3) is 2.75. The minimum absolute atomic E-state index is 0.370. The molecule has 0 atom stereocenters. The largest absolute Gasteiger partial charge is 0.496 e. The van der Waals surface area contributed by atoms with Crippen LogP contribution in [0.4, 0.5) is 0 Å². The van der Waals surface area contributed by atoms with Crippen LogP contribution in [-0.2, 0) is 6.42 Å². The Morgan fingerprint density at radius 2 is 2.06 bits per heavy atom. The van der Waals surface area contributed by atoms with Gasteiger partial charge >= 0.3 is 0 Å². The average Bonchev–Trinajstić information content (AvgIpc) is 2.96. The highest BCUT2D eigenvalue weighted by Gasteiger charge is 2.40. The Morgan fingerprint density at radius 3 is 2.53 bits per heavy atom. The molecule has 1 aromatic rings. The number of halogens is 1. The molecule has 0 amide bonds. The van der Waals surface area contributed by atoms with Gasteiger partial charge in [0.05, 0.1) is 12.7 Å². The molecule has 1 saturated carbocycles. The molecule has 0 bridgehead atoms. The van der Waals surface area contributed by atoms with Crippen LogP contribution in [-0.4, -0.2) is 17.8 Å². The first-order valence-electron chi connectivity index (χ1n) is 6.04. The van der Waals surface area contributed by atoms with Crippen molar-refractivity contribution in [3.8, 4) is 5.75 Å². The van der Waals surface area contributed by atoms with Crippen LogP contribution in [0.1, 0.15) is 43.7 Å². The van der Waals surface area contributed by atoms with Crippen molar-refractivity contribution < 1.29 is 9.84 Å². The van der Waals surface area contributed by atoms with E-state index in [9.17, 15) is 5.11 Å². The lowest BCUT2D eigenvalue weighted by Gasteiger charge is -2.16. The highest BCUT2D eigenvalue weighted by molar-refractivity contribution is 6.31. The summed E-state index contributed by atoms with van der Waals surface area (Å²) >= 11 is 6.27. The van der Waals surface area contributed by atoms with E-state index in [-0.39, 0.29) is 0 Å². The molecule has 0 saturated heterocycles. The Labute approximate surface area is 108 Å². The first-order chi connectivity index (χ1) is 7.95. The summed E-state index contributed by atoms with van der Waals surface area (Å²) in [6.45, 7) is 4.21. The van der Waals surface area contributed by atoms with E-state index in [0.29, 0.717) is 12.3 Å². The summed E-state index contributed by atoms with van der Waals surface area (Å²) in [5.74, 6) is 1.20. The summed E-state index contributed by atoms with van der Waals surface area (Å²) < 4.78 is 5.40. The van der Waals surface area contributed by atoms with Crippen molar-refractivity contribution in [1.82, 2.24) is 0 Å². The first kappa shape index (κ1) is 12.7. The van der Waals surface area contributed by atoms with Crippen molar-refractivity contribution >= 4 is 11.6 Å². The van der Waals surface area contributed by atoms with Crippen molar-refractivity contribution in [2.45, 2.75) is 44.6 Å². The van der Waals surface area contributed by atoms with Crippen LogP contribution >= 0.6 is 11.6 Å². The van der Waals surface area contributed by atoms with E-state index in [1.807, 2.05) is 12.1 Å². The van der Waals surface area contributed by atoms with Crippen LogP contribution in [0.5, 0.6) is 5.75 Å². The maximum Gasteiger partial charge on any atom is 0.122 e. The number of methoxy groups -OCH3 is 1. The zero-order valence-electron chi connectivity index (χ0n) is 10.6. The second-order valence-electron chi connectivity index (χ2n) is 5.24. The molecule has 0 heterocycles. The number of rotatable bonds is 4. The lowest BCUT2D eigenvalue weighted by Crippen LogP contribution is -2.12. The Bertz CT molecular complexity index is 422. The number of hydrogen-bond donors (Lipinski definition) is 1. The fraction of sp³-hybridized carbons (Fsp3) is 0.571. The van der Waals surface area contributed by atoms with Gasteiger partial charge in [0, 0.05) is 11.4 Å². The number of ether oxygens (including phenoxy) is 1. The molecule has 0 radical (unpaired) electrons. The molecule has 0 aliphatic heterocycles. The number of hydrogen-bond acceptors (Lipinski definition) is 2. The first-order valence-corrected chi connectivity index (χ1v) is 6.42. The molecule has 2 rings (SSSR count). The van der Waals surface area contributed by atoms with E-state index in [2.05, 4.69) is 13.8 Å². The Kier molecular flexibility index (Phi) is 3.37. The fourth-order valence-electron chi connectivity index (χ4n) is 2.06. The normalized spacial score (nSPS) is 17.3. The van der Waals surface area contributed by atoms with Crippen molar-refractivity contribution in [3.05, 3.63) is 28.3 Å². The molecule has 17 heavy (non-hydrogen) atoms. The summed E-state index contributed by atoms with van der Waals surface area (Å²) in [7, 11) is 1.66. The van der Waals surface area contributed by atoms with E-state index in [1.54, 1.807) is 7.11 Å². The van der Waals surface area contributed by atoms with Gasteiger partial charge in [-0.25, -0.2) is 0 Å². The molecule has 1 aromatic carbocycles. The number of benzene rings is 1. The monoisotopic (exact) mass is 254 g/mol. The summed E-state index contributed by atoms with van der Waals surface area (Å²) in [6, 6.07) is 3.93. The highest BCUT2D eigenvalue weighted by Crippen LogP contribution is 2.41. The third-order valence-electron chi connectivity index (χ3n) is 3.37. The summed E-state index contributed by atoms with van der Waals surface area (Å²) in [6.07, 6.45) is 2.38. The van der Waals surface area contributed by atoms with Crippen LogP contribution in [0.15, 0.2) is 12.1 Å². The molecular weight excluding hydrogens is 236 g/mol. The summed E-state index contributed by atoms with van der Waals surface area (Å²) in [5.41, 5.74) is 1.58. The molecule has 1 fully saturated rings. The van der Waals surface area contributed by atoms with Gasteiger partial charge in [0.1, 0.15) is 5.75 Å². The molecule has 0 aromatic heterocycles. The molecule has 1 aliphatic rings. The highest BCUT2D eigenvalue weighted by atomic mass is 35.5. The summed E-state index contributed by atoms with van der Waals surface area (Å²) in [5, 5.41) is 10.7. The summed E-state index contributed by atoms with van der Waals surface area (Å²) in [4.78, 5) is 0. The van der Waals surface area contributed by atoms with Crippen molar-refractivity contribution in [1.29, 1.82) is 0 Å². The maximum atomic E-state index is 9.97. The zero-order valence-corrected chi connectivity index (χ0v) is 11.3. The van der Waals surface area contributed by atoms with Crippen molar-refractivity contribution in [2.24, 2.45) is 0 Å². The predicted octanol–water partition coefficient (Wildman–Crippen LogP) is 3.54. The minimum atomic E-state index is -0.518. The van der Waals surface area contributed by atoms with Crippen molar-refractivity contribution in [2.75, 3.05) is 7.11 Å². The van der Waals surface area contributed by atoms with Gasteiger partial charge in [0.15, 0.2) is 0 Å². The van der Waals surface area contributed by atoms with Gasteiger partial charge in [-0.2, -0.15) is 0 Å².